The summed E-state index contributed by atoms with van der Waals surface area (Å²) >= 11 is 14.5. The Morgan fingerprint density at radius 3 is 1.79 bits per heavy atom. The van der Waals surface area contributed by atoms with E-state index in [-0.39, 0.29) is 43.0 Å². The molecule has 13 nitrogen and oxygen atoms in total. The zero-order chi connectivity index (χ0) is 45.2. The van der Waals surface area contributed by atoms with Gasteiger partial charge in [0.25, 0.3) is 0 Å². The number of hydrogen-bond acceptors (Lipinski definition) is 9. The summed E-state index contributed by atoms with van der Waals surface area (Å²) in [6, 6.07) is 18.5. The van der Waals surface area contributed by atoms with Crippen molar-refractivity contribution in [1.82, 2.24) is 30.4 Å². The Kier molecular flexibility index (Phi) is 13.6. The minimum Gasteiger partial charge on any atom is -0.481 e. The molecule has 1 unspecified atom stereocenters. The maximum atomic E-state index is 13.7. The Hall–Kier alpha value is -5.40. The van der Waals surface area contributed by atoms with Gasteiger partial charge in [-0.25, -0.2) is 14.6 Å². The number of aryl methyl sites for hydroxylation is 1. The topological polar surface area (TPSA) is 152 Å². The number of amides is 4. The number of benzene rings is 2. The lowest BCUT2D eigenvalue weighted by molar-refractivity contribution is -0.120. The number of rotatable bonds is 11. The second-order valence-electron chi connectivity index (χ2n) is 18.4. The van der Waals surface area contributed by atoms with Crippen LogP contribution in [0.25, 0.3) is 33.6 Å². The number of nitrogens with zero attached hydrogens (tertiary/aromatic N) is 4. The minimum atomic E-state index is -0.713. The summed E-state index contributed by atoms with van der Waals surface area (Å²) in [5.41, 5.74) is 5.15. The Labute approximate surface area is 379 Å². The number of fused-ring (bicyclic) bond motifs is 1. The van der Waals surface area contributed by atoms with E-state index in [1.54, 1.807) is 9.80 Å². The highest BCUT2D eigenvalue weighted by atomic mass is 35.5. The number of halogens is 2. The molecule has 2 saturated heterocycles. The Bertz CT molecular complexity index is 2400. The zero-order valence-electron chi connectivity index (χ0n) is 37.0. The molecule has 3 aliphatic rings. The molecule has 4 heterocycles. The third-order valence-electron chi connectivity index (χ3n) is 11.3. The lowest BCUT2D eigenvalue weighted by atomic mass is 9.89. The molecule has 0 bridgehead atoms. The van der Waals surface area contributed by atoms with Crippen LogP contribution in [-0.4, -0.2) is 87.3 Å². The van der Waals surface area contributed by atoms with Gasteiger partial charge in [0.2, 0.25) is 17.7 Å². The molecule has 2 fully saturated rings. The number of carbonyl (C=O) groups excluding carboxylic acids is 4. The van der Waals surface area contributed by atoms with Crippen LogP contribution in [0.5, 0.6) is 5.88 Å². The van der Waals surface area contributed by atoms with Crippen LogP contribution in [0.2, 0.25) is 10.0 Å². The van der Waals surface area contributed by atoms with Gasteiger partial charge in [0.05, 0.1) is 41.1 Å². The van der Waals surface area contributed by atoms with E-state index in [2.05, 4.69) is 10.6 Å². The molecule has 0 radical (unpaired) electrons. The Morgan fingerprint density at radius 1 is 0.698 bits per heavy atom. The van der Waals surface area contributed by atoms with Crippen LogP contribution in [-0.2, 0) is 32.0 Å². The summed E-state index contributed by atoms with van der Waals surface area (Å²) in [7, 11) is 1.52. The molecule has 2 aliphatic heterocycles. The van der Waals surface area contributed by atoms with E-state index in [0.717, 1.165) is 36.1 Å². The number of aromatic nitrogens is 2. The fourth-order valence-corrected chi connectivity index (χ4v) is 9.07. The normalized spacial score (nSPS) is 18.6. The van der Waals surface area contributed by atoms with Crippen LogP contribution in [0.3, 0.4) is 0 Å². The summed E-state index contributed by atoms with van der Waals surface area (Å²) in [6.07, 6.45) is 3.52. The lowest BCUT2D eigenvalue weighted by Crippen LogP contribution is -2.46. The first-order valence-electron chi connectivity index (χ1n) is 21.6. The smallest absolute Gasteiger partial charge is 0.410 e. The third kappa shape index (κ3) is 10.9. The van der Waals surface area contributed by atoms with Crippen molar-refractivity contribution >= 4 is 47.2 Å². The van der Waals surface area contributed by atoms with E-state index in [4.69, 9.17) is 47.4 Å². The van der Waals surface area contributed by atoms with Crippen LogP contribution in [0.4, 0.5) is 9.59 Å². The minimum absolute atomic E-state index is 0.00740. The van der Waals surface area contributed by atoms with Crippen molar-refractivity contribution < 1.29 is 33.4 Å². The van der Waals surface area contributed by atoms with Gasteiger partial charge in [-0.15, -0.1) is 0 Å². The molecule has 334 valence electrons. The van der Waals surface area contributed by atoms with Gasteiger partial charge in [-0.1, -0.05) is 65.7 Å². The van der Waals surface area contributed by atoms with Crippen LogP contribution < -0.4 is 15.4 Å². The van der Waals surface area contributed by atoms with Crippen molar-refractivity contribution in [3.05, 3.63) is 87.5 Å². The average molecular weight is 900 g/mol. The Morgan fingerprint density at radius 2 is 1.24 bits per heavy atom. The number of nitrogens with one attached hydrogen (secondary N) is 2. The molecule has 15 heteroatoms. The summed E-state index contributed by atoms with van der Waals surface area (Å²) in [4.78, 5) is 64.4. The standard InChI is InChI=1S/C48H56Cl2N6O7/c1-47(2,3)62-45(59)55(26-29-18-23-40(57)51-29)25-28-17-21-38(54-44(28)61-7)35-14-9-12-32(43(35)50)31-11-8-13-34(42(31)49)37-22-20-33-36(53-37)15-10-16-39(33)56(46(60)63-48(4,5)6)27-30-19-24-41(58)52-30/h8-9,11-14,17,20-22,29-30,39H,10,15-16,18-19,23-27H2,1-7H3,(H,51,57)(H,52,58)/t29-,30-,39?/m0/s1. The molecule has 4 aromatic rings. The van der Waals surface area contributed by atoms with E-state index in [0.29, 0.717) is 81.8 Å². The molecule has 63 heavy (non-hydrogen) atoms. The molecule has 2 aromatic heterocycles. The molecular formula is C48H56Cl2N6O7. The van der Waals surface area contributed by atoms with Gasteiger partial charge >= 0.3 is 12.2 Å². The van der Waals surface area contributed by atoms with Crippen LogP contribution in [0.15, 0.2) is 60.7 Å². The molecule has 2 aromatic carbocycles. The van der Waals surface area contributed by atoms with Crippen LogP contribution in [0, 0.1) is 0 Å². The molecule has 0 spiro atoms. The van der Waals surface area contributed by atoms with Crippen molar-refractivity contribution in [3.8, 4) is 39.5 Å². The number of pyridine rings is 2. The Balaban J connectivity index is 1.15. The fourth-order valence-electron chi connectivity index (χ4n) is 8.42. The first-order chi connectivity index (χ1) is 29.9. The third-order valence-corrected chi connectivity index (χ3v) is 12.1. The van der Waals surface area contributed by atoms with E-state index >= 15 is 0 Å². The summed E-state index contributed by atoms with van der Waals surface area (Å²) in [5.74, 6) is 0.271. The van der Waals surface area contributed by atoms with Crippen molar-refractivity contribution in [2.75, 3.05) is 20.2 Å². The van der Waals surface area contributed by atoms with Crippen molar-refractivity contribution in [1.29, 1.82) is 0 Å². The molecule has 2 N–H and O–H groups in total. The van der Waals surface area contributed by atoms with Gasteiger partial charge in [0.1, 0.15) is 11.2 Å². The van der Waals surface area contributed by atoms with Gasteiger partial charge in [0, 0.05) is 71.5 Å². The quantitative estimate of drug-likeness (QED) is 0.150. The summed E-state index contributed by atoms with van der Waals surface area (Å²) < 4.78 is 17.4. The second-order valence-corrected chi connectivity index (χ2v) is 19.2. The summed E-state index contributed by atoms with van der Waals surface area (Å²) in [6.45, 7) is 11.8. The maximum Gasteiger partial charge on any atom is 0.410 e. The molecular weight excluding hydrogens is 843 g/mol. The van der Waals surface area contributed by atoms with E-state index < -0.39 is 23.4 Å². The average Bonchev–Trinajstić information content (AvgIpc) is 3.84. The van der Waals surface area contributed by atoms with Gasteiger partial charge in [-0.2, -0.15) is 0 Å². The molecule has 3 atom stereocenters. The van der Waals surface area contributed by atoms with Gasteiger partial charge in [-0.3, -0.25) is 19.5 Å². The number of carbonyl (C=O) groups is 4. The SMILES string of the molecule is COc1nc(-c2cccc(-c3cccc(-c4ccc5c(n4)CCCC5N(C[C@@H]4CCC(=O)N4)C(=O)OC(C)(C)C)c3Cl)c2Cl)ccc1CN(C[C@@H]1CCC(=O)N1)C(=O)OC(C)(C)C. The highest BCUT2D eigenvalue weighted by molar-refractivity contribution is 6.39. The zero-order valence-corrected chi connectivity index (χ0v) is 38.5. The predicted molar refractivity (Wildman–Crippen MR) is 243 cm³/mol. The monoisotopic (exact) mass is 898 g/mol. The first kappa shape index (κ1) is 45.6. The first-order valence-corrected chi connectivity index (χ1v) is 22.3. The number of methoxy groups -OCH3 is 1. The van der Waals surface area contributed by atoms with E-state index in [9.17, 15) is 19.2 Å². The number of ether oxygens (including phenoxy) is 3. The van der Waals surface area contributed by atoms with Crippen LogP contribution in [0.1, 0.15) is 103 Å². The fraction of sp³-hybridized carbons (Fsp3) is 0.458. The van der Waals surface area contributed by atoms with Crippen molar-refractivity contribution in [2.45, 2.75) is 122 Å². The lowest BCUT2D eigenvalue weighted by Gasteiger charge is -2.37. The van der Waals surface area contributed by atoms with E-state index in [1.165, 1.54) is 7.11 Å². The second kappa shape index (κ2) is 18.8. The molecule has 4 amide bonds. The molecule has 0 saturated carbocycles. The molecule has 1 aliphatic carbocycles. The maximum absolute atomic E-state index is 13.7. The van der Waals surface area contributed by atoms with Crippen molar-refractivity contribution in [2.24, 2.45) is 0 Å². The van der Waals surface area contributed by atoms with E-state index in [1.807, 2.05) is 102 Å². The summed E-state index contributed by atoms with van der Waals surface area (Å²) in [5, 5.41) is 6.86. The highest BCUT2D eigenvalue weighted by Gasteiger charge is 2.36. The van der Waals surface area contributed by atoms with Crippen molar-refractivity contribution in [3.63, 3.8) is 0 Å². The van der Waals surface area contributed by atoms with Gasteiger partial charge in [-0.05, 0) is 97.4 Å². The predicted octanol–water partition coefficient (Wildman–Crippen LogP) is 9.70. The largest absolute Gasteiger partial charge is 0.481 e. The highest BCUT2D eigenvalue weighted by Crippen LogP contribution is 2.43. The molecule has 7 rings (SSSR count). The number of hydrogen-bond donors (Lipinski definition) is 2. The van der Waals surface area contributed by atoms with Gasteiger partial charge in [0.15, 0.2) is 0 Å². The van der Waals surface area contributed by atoms with Gasteiger partial charge < -0.3 is 29.7 Å². The van der Waals surface area contributed by atoms with Crippen LogP contribution >= 0.6 is 23.2 Å².